The molecule has 0 bridgehead atoms. The third kappa shape index (κ3) is 2.95. The van der Waals surface area contributed by atoms with Crippen LogP contribution in [-0.2, 0) is 0 Å². The second-order valence-corrected chi connectivity index (χ2v) is 7.16. The maximum Gasteiger partial charge on any atom is 0.159 e. The third-order valence-corrected chi connectivity index (χ3v) is 5.23. The van der Waals surface area contributed by atoms with Gasteiger partial charge in [-0.25, -0.2) is 9.97 Å². The first kappa shape index (κ1) is 18.1. The Morgan fingerprint density at radius 2 is 1.81 bits per heavy atom. The van der Waals surface area contributed by atoms with Crippen LogP contribution in [0, 0.1) is 0 Å². The van der Waals surface area contributed by atoms with E-state index in [4.69, 9.17) is 9.72 Å². The molecule has 0 saturated carbocycles. The van der Waals surface area contributed by atoms with E-state index in [1.165, 1.54) is 0 Å². The average Bonchev–Trinajstić information content (AvgIpc) is 3.48. The highest BCUT2D eigenvalue weighted by Gasteiger charge is 2.17. The lowest BCUT2D eigenvalue weighted by Crippen LogP contribution is -1.88. The van der Waals surface area contributed by atoms with Crippen LogP contribution in [0.3, 0.4) is 0 Å². The molecule has 0 aliphatic heterocycles. The van der Waals surface area contributed by atoms with Crippen LogP contribution in [0.1, 0.15) is 0 Å². The highest BCUT2D eigenvalue weighted by molar-refractivity contribution is 5.95. The van der Waals surface area contributed by atoms with Crippen LogP contribution < -0.4 is 4.74 Å². The fourth-order valence-corrected chi connectivity index (χ4v) is 3.67. The van der Waals surface area contributed by atoms with Gasteiger partial charge in [0.05, 0.1) is 29.9 Å². The van der Waals surface area contributed by atoms with Crippen LogP contribution in [0.15, 0.2) is 67.4 Å². The summed E-state index contributed by atoms with van der Waals surface area (Å²) in [7, 11) is 1.62. The Morgan fingerprint density at radius 1 is 0.875 bits per heavy atom. The largest absolute Gasteiger partial charge is 0.495 e. The van der Waals surface area contributed by atoms with Crippen molar-refractivity contribution in [2.24, 2.45) is 0 Å². The summed E-state index contributed by atoms with van der Waals surface area (Å²) in [6, 6.07) is 11.5. The monoisotopic (exact) mass is 420 g/mol. The van der Waals surface area contributed by atoms with Crippen molar-refractivity contribution in [2.45, 2.75) is 0 Å². The normalized spacial score (nSPS) is 11.3. The van der Waals surface area contributed by atoms with E-state index in [-0.39, 0.29) is 0 Å². The van der Waals surface area contributed by atoms with Crippen molar-refractivity contribution in [2.75, 3.05) is 7.11 Å². The van der Waals surface area contributed by atoms with E-state index in [2.05, 4.69) is 35.1 Å². The van der Waals surface area contributed by atoms with Crippen LogP contribution in [0.25, 0.3) is 56.1 Å². The Labute approximate surface area is 181 Å². The van der Waals surface area contributed by atoms with Gasteiger partial charge < -0.3 is 9.72 Å². The molecule has 6 aromatic heterocycles. The van der Waals surface area contributed by atoms with Crippen molar-refractivity contribution in [3.63, 3.8) is 0 Å². The Bertz CT molecular complexity index is 1570. The highest BCUT2D eigenvalue weighted by atomic mass is 16.5. The molecule has 6 aromatic rings. The molecule has 154 valence electrons. The van der Waals surface area contributed by atoms with Gasteiger partial charge in [-0.3, -0.25) is 20.1 Å². The van der Waals surface area contributed by atoms with E-state index in [0.29, 0.717) is 28.6 Å². The van der Waals surface area contributed by atoms with Gasteiger partial charge in [-0.05, 0) is 30.3 Å². The molecule has 0 saturated heterocycles. The molecular formula is C23H16N8O. The maximum atomic E-state index is 5.30. The topological polar surface area (TPSA) is 118 Å². The Hall–Kier alpha value is -4.66. The van der Waals surface area contributed by atoms with E-state index >= 15 is 0 Å². The van der Waals surface area contributed by atoms with Gasteiger partial charge in [0.2, 0.25) is 0 Å². The minimum atomic E-state index is 0.624. The molecule has 0 aliphatic carbocycles. The van der Waals surface area contributed by atoms with E-state index in [9.17, 15) is 0 Å². The standard InChI is InChI=1S/C23H16N8O/c1-32-15-8-13(10-24-12-15)14-9-16-19(30-31-22(16)27-11-14)23-28-18-5-7-26-20(21(18)29-23)17-4-2-3-6-25-17/h2-12H,1H3,(H,28,29)(H,27,30,31). The molecule has 0 radical (unpaired) electrons. The van der Waals surface area contributed by atoms with Crippen LogP contribution in [-0.4, -0.2) is 47.2 Å². The molecular weight excluding hydrogens is 404 g/mol. The summed E-state index contributed by atoms with van der Waals surface area (Å²) < 4.78 is 5.30. The van der Waals surface area contributed by atoms with E-state index in [1.54, 1.807) is 38.1 Å². The first-order chi connectivity index (χ1) is 15.8. The zero-order chi connectivity index (χ0) is 21.5. The molecule has 6 rings (SSSR count). The number of nitrogens with one attached hydrogen (secondary N) is 2. The van der Waals surface area contributed by atoms with Crippen LogP contribution in [0.4, 0.5) is 0 Å². The summed E-state index contributed by atoms with van der Waals surface area (Å²) in [4.78, 5) is 25.9. The lowest BCUT2D eigenvalue weighted by molar-refractivity contribution is 0.413. The number of imidazole rings is 1. The first-order valence-electron chi connectivity index (χ1n) is 9.90. The van der Waals surface area contributed by atoms with Gasteiger partial charge in [-0.15, -0.1) is 0 Å². The molecule has 0 amide bonds. The molecule has 6 heterocycles. The molecule has 32 heavy (non-hydrogen) atoms. The van der Waals surface area contributed by atoms with Gasteiger partial charge >= 0.3 is 0 Å². The van der Waals surface area contributed by atoms with Crippen LogP contribution in [0.5, 0.6) is 5.75 Å². The van der Waals surface area contributed by atoms with Crippen LogP contribution >= 0.6 is 0 Å². The molecule has 0 aromatic carbocycles. The number of methoxy groups -OCH3 is 1. The van der Waals surface area contributed by atoms with Gasteiger partial charge in [0, 0.05) is 35.9 Å². The second kappa shape index (κ2) is 7.24. The number of hydrogen-bond donors (Lipinski definition) is 2. The van der Waals surface area contributed by atoms with Gasteiger partial charge in [0.15, 0.2) is 11.5 Å². The quantitative estimate of drug-likeness (QED) is 0.442. The predicted molar refractivity (Wildman–Crippen MR) is 120 cm³/mol. The predicted octanol–water partition coefficient (Wildman–Crippen LogP) is 4.03. The van der Waals surface area contributed by atoms with Gasteiger partial charge in [0.25, 0.3) is 0 Å². The number of aromatic amines is 2. The Balaban J connectivity index is 1.50. The number of pyridine rings is 4. The Kier molecular flexibility index (Phi) is 4.10. The van der Waals surface area contributed by atoms with Crippen molar-refractivity contribution in [3.8, 4) is 39.8 Å². The molecule has 0 fully saturated rings. The van der Waals surface area contributed by atoms with Crippen molar-refractivity contribution >= 4 is 22.1 Å². The maximum absolute atomic E-state index is 5.30. The number of nitrogens with zero attached hydrogens (tertiary/aromatic N) is 6. The molecule has 0 atom stereocenters. The number of hydrogen-bond acceptors (Lipinski definition) is 7. The number of aromatic nitrogens is 8. The molecule has 0 spiro atoms. The Morgan fingerprint density at radius 3 is 2.69 bits per heavy atom. The van der Waals surface area contributed by atoms with E-state index in [0.717, 1.165) is 33.2 Å². The summed E-state index contributed by atoms with van der Waals surface area (Å²) in [6.45, 7) is 0. The zero-order valence-electron chi connectivity index (χ0n) is 16.9. The summed E-state index contributed by atoms with van der Waals surface area (Å²) >= 11 is 0. The molecule has 0 unspecified atom stereocenters. The zero-order valence-corrected chi connectivity index (χ0v) is 16.9. The van der Waals surface area contributed by atoms with Gasteiger partial charge in [-0.2, -0.15) is 5.10 Å². The van der Waals surface area contributed by atoms with Gasteiger partial charge in [0.1, 0.15) is 22.7 Å². The van der Waals surface area contributed by atoms with E-state index < -0.39 is 0 Å². The highest BCUT2D eigenvalue weighted by Crippen LogP contribution is 2.31. The first-order valence-corrected chi connectivity index (χ1v) is 9.90. The summed E-state index contributed by atoms with van der Waals surface area (Å²) in [6.07, 6.45) is 8.71. The number of rotatable bonds is 4. The second-order valence-electron chi connectivity index (χ2n) is 7.16. The lowest BCUT2D eigenvalue weighted by atomic mass is 10.1. The molecule has 9 heteroatoms. The minimum Gasteiger partial charge on any atom is -0.495 e. The van der Waals surface area contributed by atoms with Gasteiger partial charge in [-0.1, -0.05) is 6.07 Å². The summed E-state index contributed by atoms with van der Waals surface area (Å²) in [5.41, 5.74) is 6.21. The van der Waals surface area contributed by atoms with Crippen molar-refractivity contribution in [1.82, 2.24) is 40.1 Å². The van der Waals surface area contributed by atoms with Crippen molar-refractivity contribution < 1.29 is 4.74 Å². The third-order valence-electron chi connectivity index (χ3n) is 5.23. The fraction of sp³-hybridized carbons (Fsp3) is 0.0435. The number of H-pyrrole nitrogens is 2. The van der Waals surface area contributed by atoms with Crippen molar-refractivity contribution in [1.29, 1.82) is 0 Å². The molecule has 9 nitrogen and oxygen atoms in total. The lowest BCUT2D eigenvalue weighted by Gasteiger charge is -2.04. The molecule has 2 N–H and O–H groups in total. The fourth-order valence-electron chi connectivity index (χ4n) is 3.67. The summed E-state index contributed by atoms with van der Waals surface area (Å²) in [5, 5.41) is 8.31. The number of ether oxygens (including phenoxy) is 1. The van der Waals surface area contributed by atoms with E-state index in [1.807, 2.05) is 36.4 Å². The minimum absolute atomic E-state index is 0.624. The van der Waals surface area contributed by atoms with Crippen LogP contribution in [0.2, 0.25) is 0 Å². The summed E-state index contributed by atoms with van der Waals surface area (Å²) in [5.74, 6) is 1.31. The number of fused-ring (bicyclic) bond motifs is 2. The SMILES string of the molecule is COc1cncc(-c2cnc3[nH]nc(-c4nc5c(-c6ccccn6)nccc5[nH]4)c3c2)c1. The van der Waals surface area contributed by atoms with Crippen molar-refractivity contribution in [3.05, 3.63) is 67.4 Å². The average molecular weight is 420 g/mol. The molecule has 0 aliphatic rings. The smallest absolute Gasteiger partial charge is 0.159 e.